The minimum Gasteiger partial charge on any atom is -0.461 e. The summed E-state index contributed by atoms with van der Waals surface area (Å²) in [6.07, 6.45) is 0.926. The van der Waals surface area contributed by atoms with Gasteiger partial charge in [-0.2, -0.15) is 9.97 Å². The topological polar surface area (TPSA) is 80.3 Å². The van der Waals surface area contributed by atoms with Gasteiger partial charge in [-0.05, 0) is 62.2 Å². The number of amides is 1. The number of fused-ring (bicyclic) bond motifs is 4. The number of carbonyl (C=O) groups excluding carboxylic acids is 1. The van der Waals surface area contributed by atoms with Crippen LogP contribution < -0.4 is 9.64 Å². The summed E-state index contributed by atoms with van der Waals surface area (Å²) in [5.74, 6) is -0.152. The van der Waals surface area contributed by atoms with Crippen LogP contribution in [0.4, 0.5) is 19.4 Å². The lowest BCUT2D eigenvalue weighted by molar-refractivity contribution is -0.0107. The van der Waals surface area contributed by atoms with Crippen molar-refractivity contribution in [1.82, 2.24) is 19.8 Å². The Balaban J connectivity index is 1.35. The molecule has 4 saturated heterocycles. The predicted octanol–water partition coefficient (Wildman–Crippen LogP) is 4.96. The van der Waals surface area contributed by atoms with Gasteiger partial charge in [-0.3, -0.25) is 4.90 Å². The van der Waals surface area contributed by atoms with Crippen molar-refractivity contribution in [3.8, 4) is 6.01 Å². The Morgan fingerprint density at radius 1 is 1.25 bits per heavy atom. The number of carbonyl (C=O) groups is 1. The second kappa shape index (κ2) is 10.4. The van der Waals surface area contributed by atoms with Gasteiger partial charge < -0.3 is 24.0 Å². The van der Waals surface area contributed by atoms with Crippen LogP contribution in [-0.2, 0) is 9.47 Å². The smallest absolute Gasteiger partial charge is 0.410 e. The number of alkyl halides is 1. The number of hydrogen-bond acceptors (Lipinski definition) is 8. The van der Waals surface area contributed by atoms with Gasteiger partial charge in [0.25, 0.3) is 0 Å². The maximum Gasteiger partial charge on any atom is 0.410 e. The summed E-state index contributed by atoms with van der Waals surface area (Å²) < 4.78 is 47.6. The van der Waals surface area contributed by atoms with E-state index >= 15 is 4.39 Å². The molecule has 9 nitrogen and oxygen atoms in total. The van der Waals surface area contributed by atoms with Crippen molar-refractivity contribution in [2.24, 2.45) is 0 Å². The molecular formula is C27H33BrClF2N5O4. The number of halogens is 4. The zero-order chi connectivity index (χ0) is 28.4. The van der Waals surface area contributed by atoms with Crippen LogP contribution in [0.25, 0.3) is 10.9 Å². The van der Waals surface area contributed by atoms with E-state index < -0.39 is 23.1 Å². The normalized spacial score (nSPS) is 28.7. The third kappa shape index (κ3) is 5.09. The van der Waals surface area contributed by atoms with Crippen LogP contribution in [0.3, 0.4) is 0 Å². The lowest BCUT2D eigenvalue weighted by Crippen LogP contribution is -2.66. The first-order valence-corrected chi connectivity index (χ1v) is 14.8. The number of piperazine rings is 1. The number of morpholine rings is 1. The van der Waals surface area contributed by atoms with Crippen molar-refractivity contribution >= 4 is 50.3 Å². The van der Waals surface area contributed by atoms with Gasteiger partial charge >= 0.3 is 12.1 Å². The highest BCUT2D eigenvalue weighted by atomic mass is 79.9. The van der Waals surface area contributed by atoms with Crippen molar-refractivity contribution in [2.75, 3.05) is 50.9 Å². The lowest BCUT2D eigenvalue weighted by Gasteiger charge is -2.50. The van der Waals surface area contributed by atoms with Crippen LogP contribution in [0.15, 0.2) is 10.5 Å². The fourth-order valence-corrected chi connectivity index (χ4v) is 7.02. The maximum atomic E-state index is 15.6. The van der Waals surface area contributed by atoms with E-state index in [0.29, 0.717) is 50.5 Å². The van der Waals surface area contributed by atoms with E-state index in [4.69, 9.17) is 30.8 Å². The molecule has 4 atom stereocenters. The van der Waals surface area contributed by atoms with Crippen LogP contribution in [0.1, 0.15) is 40.0 Å². The van der Waals surface area contributed by atoms with Crippen molar-refractivity contribution < 1.29 is 27.8 Å². The van der Waals surface area contributed by atoms with Gasteiger partial charge in [0, 0.05) is 31.4 Å². The molecule has 0 saturated carbocycles. The van der Waals surface area contributed by atoms with E-state index in [1.165, 1.54) is 0 Å². The van der Waals surface area contributed by atoms with Crippen LogP contribution in [0.5, 0.6) is 6.01 Å². The number of rotatable bonds is 4. The molecule has 1 amide bonds. The van der Waals surface area contributed by atoms with E-state index in [9.17, 15) is 9.18 Å². The van der Waals surface area contributed by atoms with E-state index in [1.54, 1.807) is 11.0 Å². The Bertz CT molecular complexity index is 1320. The largest absolute Gasteiger partial charge is 0.461 e. The molecule has 5 heterocycles. The average Bonchev–Trinajstić information content (AvgIpc) is 3.40. The summed E-state index contributed by atoms with van der Waals surface area (Å²) in [6.45, 7) is 8.33. The van der Waals surface area contributed by atoms with E-state index in [0.717, 1.165) is 19.4 Å². The van der Waals surface area contributed by atoms with Gasteiger partial charge in [-0.15, -0.1) is 0 Å². The summed E-state index contributed by atoms with van der Waals surface area (Å²) in [7, 11) is 0. The highest BCUT2D eigenvalue weighted by molar-refractivity contribution is 9.10. The number of nitrogens with zero attached hydrogens (tertiary/aromatic N) is 5. The zero-order valence-electron chi connectivity index (χ0n) is 22.8. The van der Waals surface area contributed by atoms with Crippen LogP contribution in [-0.4, -0.2) is 101 Å². The highest BCUT2D eigenvalue weighted by Crippen LogP contribution is 2.42. The fraction of sp³-hybridized carbons (Fsp3) is 0.667. The molecule has 4 fully saturated rings. The van der Waals surface area contributed by atoms with E-state index in [2.05, 4.69) is 30.7 Å². The molecular weight excluding hydrogens is 612 g/mol. The lowest BCUT2D eigenvalue weighted by atomic mass is 9.95. The molecule has 4 aliphatic heterocycles. The Labute approximate surface area is 245 Å². The molecule has 0 radical (unpaired) electrons. The van der Waals surface area contributed by atoms with Gasteiger partial charge in [0.1, 0.15) is 29.7 Å². The van der Waals surface area contributed by atoms with Gasteiger partial charge in [0.05, 0.1) is 40.3 Å². The second-order valence-electron chi connectivity index (χ2n) is 12.2. The third-order valence-electron chi connectivity index (χ3n) is 8.18. The number of anilines is 1. The van der Waals surface area contributed by atoms with Crippen LogP contribution in [0, 0.1) is 5.82 Å². The molecule has 1 aromatic carbocycles. The SMILES string of the molecule is CC(C)(C)OC(=O)N1CC2COCC(C1)N2c1nc(OC[C@@]23CCCN2C[C@H](F)C3)nc2c(F)c(Br)c(Cl)cc12. The summed E-state index contributed by atoms with van der Waals surface area (Å²) in [5, 5.41) is 0.628. The van der Waals surface area contributed by atoms with Crippen molar-refractivity contribution in [3.63, 3.8) is 0 Å². The molecule has 2 bridgehead atoms. The summed E-state index contributed by atoms with van der Waals surface area (Å²) in [4.78, 5) is 28.0. The van der Waals surface area contributed by atoms with Gasteiger partial charge in [0.2, 0.25) is 0 Å². The van der Waals surface area contributed by atoms with E-state index in [1.807, 2.05) is 20.8 Å². The molecule has 4 aliphatic rings. The van der Waals surface area contributed by atoms with Crippen molar-refractivity contribution in [1.29, 1.82) is 0 Å². The molecule has 40 heavy (non-hydrogen) atoms. The summed E-state index contributed by atoms with van der Waals surface area (Å²) in [6, 6.07) is 1.14. The second-order valence-corrected chi connectivity index (χ2v) is 13.4. The molecule has 0 N–H and O–H groups in total. The minimum atomic E-state index is -0.895. The minimum absolute atomic E-state index is 0.0210. The van der Waals surface area contributed by atoms with Crippen LogP contribution in [0.2, 0.25) is 5.02 Å². The molecule has 0 aliphatic carbocycles. The maximum absolute atomic E-state index is 15.6. The van der Waals surface area contributed by atoms with Crippen molar-refractivity contribution in [3.05, 3.63) is 21.4 Å². The average molecular weight is 645 g/mol. The molecule has 13 heteroatoms. The molecule has 1 aromatic heterocycles. The Kier molecular flexibility index (Phi) is 7.28. The first kappa shape index (κ1) is 28.1. The fourth-order valence-electron chi connectivity index (χ4n) is 6.53. The van der Waals surface area contributed by atoms with Gasteiger partial charge in [0.15, 0.2) is 5.82 Å². The predicted molar refractivity (Wildman–Crippen MR) is 149 cm³/mol. The first-order valence-electron chi connectivity index (χ1n) is 13.7. The molecule has 6 rings (SSSR count). The Hall–Kier alpha value is -2.02. The number of hydrogen-bond donors (Lipinski definition) is 0. The molecule has 2 unspecified atom stereocenters. The van der Waals surface area contributed by atoms with Crippen LogP contribution >= 0.6 is 27.5 Å². The quantitative estimate of drug-likeness (QED) is 0.432. The van der Waals surface area contributed by atoms with Crippen molar-refractivity contribution in [2.45, 2.75) is 69.4 Å². The monoisotopic (exact) mass is 643 g/mol. The Morgan fingerprint density at radius 3 is 2.67 bits per heavy atom. The molecule has 0 spiro atoms. The third-order valence-corrected chi connectivity index (χ3v) is 9.48. The Morgan fingerprint density at radius 2 is 1.98 bits per heavy atom. The highest BCUT2D eigenvalue weighted by Gasteiger charge is 2.49. The van der Waals surface area contributed by atoms with Gasteiger partial charge in [-0.1, -0.05) is 11.6 Å². The first-order chi connectivity index (χ1) is 18.9. The number of aromatic nitrogens is 2. The summed E-state index contributed by atoms with van der Waals surface area (Å²) in [5.41, 5.74) is -0.951. The van der Waals surface area contributed by atoms with Gasteiger partial charge in [-0.25, -0.2) is 13.6 Å². The number of ether oxygens (including phenoxy) is 3. The zero-order valence-corrected chi connectivity index (χ0v) is 25.1. The standard InChI is InChI=1S/C27H33BrClF2N5O4/c1-26(2,3)40-25(37)34-10-16-12-38-13-17(11-34)36(16)23-18-7-19(29)20(28)21(31)22(18)32-24(33-23)39-14-27-5-4-6-35(27)9-15(30)8-27/h7,15-17H,4-6,8-14H2,1-3H3/t15-,16?,17?,27+/m1/s1. The summed E-state index contributed by atoms with van der Waals surface area (Å²) >= 11 is 9.61. The number of benzene rings is 1. The molecule has 218 valence electrons. The van der Waals surface area contributed by atoms with E-state index in [-0.39, 0.29) is 45.8 Å². The molecule has 2 aromatic rings.